The van der Waals surface area contributed by atoms with Gasteiger partial charge >= 0.3 is 0 Å². The Labute approximate surface area is 131 Å². The van der Waals surface area contributed by atoms with Crippen LogP contribution in [0, 0.1) is 0 Å². The molecule has 2 aromatic rings. The van der Waals surface area contributed by atoms with Crippen LogP contribution in [0.25, 0.3) is 0 Å². The molecule has 0 saturated carbocycles. The smallest absolute Gasteiger partial charge is 0.251 e. The van der Waals surface area contributed by atoms with E-state index in [4.69, 9.17) is 17.3 Å². The van der Waals surface area contributed by atoms with Gasteiger partial charge in [-0.1, -0.05) is 45.7 Å². The fraction of sp³-hybridized carbons (Fsp3) is 0.133. The second-order valence-electron chi connectivity index (χ2n) is 4.49. The molecular formula is C15H14BrClN2O. The van der Waals surface area contributed by atoms with Crippen molar-refractivity contribution in [2.24, 2.45) is 0 Å². The van der Waals surface area contributed by atoms with Crippen LogP contribution in [0.3, 0.4) is 0 Å². The summed E-state index contributed by atoms with van der Waals surface area (Å²) in [6.07, 6.45) is 0. The highest BCUT2D eigenvalue weighted by molar-refractivity contribution is 9.10. The molecule has 2 rings (SSSR count). The number of amides is 1. The summed E-state index contributed by atoms with van der Waals surface area (Å²) < 4.78 is 0.957. The van der Waals surface area contributed by atoms with Gasteiger partial charge in [0.05, 0.1) is 6.04 Å². The number of anilines is 1. The first-order chi connectivity index (χ1) is 9.47. The van der Waals surface area contributed by atoms with Crippen molar-refractivity contribution < 1.29 is 4.79 Å². The molecule has 5 heteroatoms. The highest BCUT2D eigenvalue weighted by atomic mass is 79.9. The van der Waals surface area contributed by atoms with Gasteiger partial charge in [0.1, 0.15) is 0 Å². The first kappa shape index (κ1) is 14.9. The lowest BCUT2D eigenvalue weighted by Crippen LogP contribution is -2.26. The Morgan fingerprint density at radius 3 is 2.65 bits per heavy atom. The average Bonchev–Trinajstić information content (AvgIpc) is 2.37. The molecule has 0 radical (unpaired) electrons. The van der Waals surface area contributed by atoms with Crippen LogP contribution in [0.2, 0.25) is 5.02 Å². The molecule has 0 spiro atoms. The number of benzene rings is 2. The molecule has 20 heavy (non-hydrogen) atoms. The van der Waals surface area contributed by atoms with Gasteiger partial charge in [-0.05, 0) is 36.8 Å². The predicted octanol–water partition coefficient (Wildman–Crippen LogP) is 4.18. The number of carbonyl (C=O) groups excluding carboxylic acids is 1. The zero-order valence-electron chi connectivity index (χ0n) is 10.9. The van der Waals surface area contributed by atoms with Crippen LogP contribution in [-0.2, 0) is 0 Å². The van der Waals surface area contributed by atoms with Crippen molar-refractivity contribution in [3.63, 3.8) is 0 Å². The molecule has 0 aliphatic heterocycles. The molecule has 0 saturated heterocycles. The minimum atomic E-state index is -0.206. The molecule has 2 aromatic carbocycles. The maximum Gasteiger partial charge on any atom is 0.251 e. The van der Waals surface area contributed by atoms with Crippen LogP contribution in [0.5, 0.6) is 0 Å². The van der Waals surface area contributed by atoms with Gasteiger partial charge in [0.25, 0.3) is 5.91 Å². The Balaban J connectivity index is 2.17. The monoisotopic (exact) mass is 352 g/mol. The van der Waals surface area contributed by atoms with E-state index in [1.807, 2.05) is 31.2 Å². The molecule has 3 nitrogen and oxygen atoms in total. The lowest BCUT2D eigenvalue weighted by atomic mass is 10.1. The molecule has 0 aliphatic rings. The Bertz CT molecular complexity index is 625. The van der Waals surface area contributed by atoms with Crippen LogP contribution < -0.4 is 11.1 Å². The number of nitrogen functional groups attached to an aromatic ring is 1. The zero-order valence-corrected chi connectivity index (χ0v) is 13.2. The van der Waals surface area contributed by atoms with Crippen molar-refractivity contribution in [1.82, 2.24) is 5.32 Å². The van der Waals surface area contributed by atoms with Crippen LogP contribution >= 0.6 is 27.5 Å². The van der Waals surface area contributed by atoms with Gasteiger partial charge in [0.15, 0.2) is 0 Å². The van der Waals surface area contributed by atoms with E-state index < -0.39 is 0 Å². The second kappa shape index (κ2) is 6.29. The van der Waals surface area contributed by atoms with Crippen molar-refractivity contribution >= 4 is 39.1 Å². The summed E-state index contributed by atoms with van der Waals surface area (Å²) >= 11 is 9.38. The standard InChI is InChI=1S/C15H14BrClN2O/c1-9(13-4-2-3-5-14(13)16)19-15(20)10-6-11(17)8-12(18)7-10/h2-9H,18H2,1H3,(H,19,20). The molecule has 0 heterocycles. The second-order valence-corrected chi connectivity index (χ2v) is 5.78. The fourth-order valence-electron chi connectivity index (χ4n) is 1.93. The van der Waals surface area contributed by atoms with E-state index in [-0.39, 0.29) is 11.9 Å². The molecular weight excluding hydrogens is 340 g/mol. The van der Waals surface area contributed by atoms with Gasteiger partial charge in [-0.2, -0.15) is 0 Å². The fourth-order valence-corrected chi connectivity index (χ4v) is 2.80. The number of carbonyl (C=O) groups is 1. The lowest BCUT2D eigenvalue weighted by Gasteiger charge is -2.16. The SMILES string of the molecule is CC(NC(=O)c1cc(N)cc(Cl)c1)c1ccccc1Br. The Morgan fingerprint density at radius 1 is 1.30 bits per heavy atom. The maximum absolute atomic E-state index is 12.2. The minimum Gasteiger partial charge on any atom is -0.399 e. The number of hydrogen-bond acceptors (Lipinski definition) is 2. The van der Waals surface area contributed by atoms with Gasteiger partial charge in [-0.25, -0.2) is 0 Å². The quantitative estimate of drug-likeness (QED) is 0.813. The van der Waals surface area contributed by atoms with E-state index in [1.54, 1.807) is 18.2 Å². The van der Waals surface area contributed by atoms with Gasteiger partial charge in [0, 0.05) is 20.7 Å². The van der Waals surface area contributed by atoms with Gasteiger partial charge in [-0.15, -0.1) is 0 Å². The molecule has 104 valence electrons. The summed E-state index contributed by atoms with van der Waals surface area (Å²) in [7, 11) is 0. The lowest BCUT2D eigenvalue weighted by molar-refractivity contribution is 0.0940. The summed E-state index contributed by atoms with van der Waals surface area (Å²) in [6.45, 7) is 1.92. The number of rotatable bonds is 3. The zero-order chi connectivity index (χ0) is 14.7. The van der Waals surface area contributed by atoms with E-state index in [2.05, 4.69) is 21.2 Å². The summed E-state index contributed by atoms with van der Waals surface area (Å²) in [5.74, 6) is -0.206. The Kier molecular flexibility index (Phi) is 4.68. The van der Waals surface area contributed by atoms with E-state index in [0.29, 0.717) is 16.3 Å². The van der Waals surface area contributed by atoms with Crippen LogP contribution in [0.15, 0.2) is 46.9 Å². The summed E-state index contributed by atoms with van der Waals surface area (Å²) in [6, 6.07) is 12.4. The third kappa shape index (κ3) is 3.52. The molecule has 1 amide bonds. The Hall–Kier alpha value is -1.52. The van der Waals surface area contributed by atoms with E-state index in [9.17, 15) is 4.79 Å². The number of nitrogens with two attached hydrogens (primary N) is 1. The minimum absolute atomic E-state index is 0.127. The molecule has 0 aliphatic carbocycles. The number of hydrogen-bond donors (Lipinski definition) is 2. The van der Waals surface area contributed by atoms with E-state index in [0.717, 1.165) is 10.0 Å². The van der Waals surface area contributed by atoms with Crippen LogP contribution in [0.4, 0.5) is 5.69 Å². The average molecular weight is 354 g/mol. The topological polar surface area (TPSA) is 55.1 Å². The third-order valence-corrected chi connectivity index (χ3v) is 3.84. The molecule has 0 fully saturated rings. The van der Waals surface area contributed by atoms with Crippen LogP contribution in [0.1, 0.15) is 28.9 Å². The van der Waals surface area contributed by atoms with Crippen molar-refractivity contribution in [1.29, 1.82) is 0 Å². The predicted molar refractivity (Wildman–Crippen MR) is 85.9 cm³/mol. The summed E-state index contributed by atoms with van der Waals surface area (Å²) in [4.78, 5) is 12.2. The highest BCUT2D eigenvalue weighted by Gasteiger charge is 2.14. The van der Waals surface area contributed by atoms with Gasteiger partial charge in [-0.3, -0.25) is 4.79 Å². The molecule has 1 unspecified atom stereocenters. The normalized spacial score (nSPS) is 11.9. The van der Waals surface area contributed by atoms with Gasteiger partial charge < -0.3 is 11.1 Å². The van der Waals surface area contributed by atoms with Crippen molar-refractivity contribution in [3.8, 4) is 0 Å². The van der Waals surface area contributed by atoms with Crippen molar-refractivity contribution in [2.45, 2.75) is 13.0 Å². The molecule has 3 N–H and O–H groups in total. The van der Waals surface area contributed by atoms with Crippen LogP contribution in [-0.4, -0.2) is 5.91 Å². The summed E-state index contributed by atoms with van der Waals surface area (Å²) in [5, 5.41) is 3.37. The molecule has 0 aromatic heterocycles. The third-order valence-electron chi connectivity index (χ3n) is 2.90. The number of nitrogens with one attached hydrogen (secondary N) is 1. The first-order valence-corrected chi connectivity index (χ1v) is 7.26. The van der Waals surface area contributed by atoms with E-state index in [1.165, 1.54) is 0 Å². The van der Waals surface area contributed by atoms with Crippen molar-refractivity contribution in [2.75, 3.05) is 5.73 Å². The highest BCUT2D eigenvalue weighted by Crippen LogP contribution is 2.23. The summed E-state index contributed by atoms with van der Waals surface area (Å²) in [5.41, 5.74) is 7.62. The van der Waals surface area contributed by atoms with E-state index >= 15 is 0 Å². The number of halogens is 2. The maximum atomic E-state index is 12.2. The largest absolute Gasteiger partial charge is 0.399 e. The Morgan fingerprint density at radius 2 is 2.00 bits per heavy atom. The molecule has 1 atom stereocenters. The molecule has 0 bridgehead atoms. The van der Waals surface area contributed by atoms with Crippen molar-refractivity contribution in [3.05, 3.63) is 63.1 Å². The first-order valence-electron chi connectivity index (χ1n) is 6.08. The van der Waals surface area contributed by atoms with Gasteiger partial charge in [0.2, 0.25) is 0 Å².